The van der Waals surface area contributed by atoms with E-state index in [0.29, 0.717) is 5.16 Å². The van der Waals surface area contributed by atoms with E-state index in [1.807, 2.05) is 0 Å². The summed E-state index contributed by atoms with van der Waals surface area (Å²) < 4.78 is 0. The maximum atomic E-state index is 3.27. The van der Waals surface area contributed by atoms with Crippen LogP contribution in [0.4, 0.5) is 0 Å². The summed E-state index contributed by atoms with van der Waals surface area (Å²) in [5, 5.41) is 0.538. The van der Waals surface area contributed by atoms with Crippen LogP contribution in [0, 0.1) is 5.92 Å². The van der Waals surface area contributed by atoms with Crippen LogP contribution in [0.5, 0.6) is 0 Å². The minimum Gasteiger partial charge on any atom is -0.131 e. The third kappa shape index (κ3) is 6.80. The molecule has 0 radical (unpaired) electrons. The highest BCUT2D eigenvalue weighted by Crippen LogP contribution is 2.42. The molecule has 0 amide bonds. The van der Waals surface area contributed by atoms with Crippen molar-refractivity contribution in [3.63, 3.8) is 0 Å². The third-order valence-corrected chi connectivity index (χ3v) is 5.25. The molecule has 0 aliphatic rings. The molecular formula is C16H35P. The fourth-order valence-corrected chi connectivity index (χ4v) is 3.70. The fourth-order valence-electron chi connectivity index (χ4n) is 2.89. The highest BCUT2D eigenvalue weighted by Gasteiger charge is 2.31. The maximum Gasteiger partial charge on any atom is -0.0122 e. The lowest BCUT2D eigenvalue weighted by molar-refractivity contribution is 0.290. The van der Waals surface area contributed by atoms with Crippen molar-refractivity contribution in [1.82, 2.24) is 0 Å². The molecule has 0 rings (SSSR count). The zero-order valence-corrected chi connectivity index (χ0v) is 13.9. The van der Waals surface area contributed by atoms with Gasteiger partial charge in [0, 0.05) is 0 Å². The first kappa shape index (κ1) is 17.4. The minimum absolute atomic E-state index is 0.538. The van der Waals surface area contributed by atoms with Gasteiger partial charge in [-0.3, -0.25) is 0 Å². The van der Waals surface area contributed by atoms with Crippen LogP contribution in [-0.4, -0.2) is 5.16 Å². The van der Waals surface area contributed by atoms with Crippen LogP contribution in [0.3, 0.4) is 0 Å². The highest BCUT2D eigenvalue weighted by molar-refractivity contribution is 7.19. The Morgan fingerprint density at radius 3 is 1.65 bits per heavy atom. The summed E-state index contributed by atoms with van der Waals surface area (Å²) in [5.41, 5.74) is 0. The van der Waals surface area contributed by atoms with Crippen LogP contribution >= 0.6 is 9.24 Å². The summed E-state index contributed by atoms with van der Waals surface area (Å²) in [6.07, 6.45) is 13.9. The van der Waals surface area contributed by atoms with Gasteiger partial charge in [0.2, 0.25) is 0 Å². The Kier molecular flexibility index (Phi) is 10.6. The van der Waals surface area contributed by atoms with E-state index in [1.165, 1.54) is 64.2 Å². The van der Waals surface area contributed by atoms with Crippen LogP contribution < -0.4 is 0 Å². The summed E-state index contributed by atoms with van der Waals surface area (Å²) in [4.78, 5) is 0. The molecule has 17 heavy (non-hydrogen) atoms. The number of hydrogen-bond donors (Lipinski definition) is 0. The second-order valence-electron chi connectivity index (χ2n) is 5.69. The molecule has 0 aromatic heterocycles. The smallest absolute Gasteiger partial charge is 0.0122 e. The molecule has 2 unspecified atom stereocenters. The molecule has 0 saturated heterocycles. The molecule has 0 aliphatic heterocycles. The van der Waals surface area contributed by atoms with E-state index in [0.717, 1.165) is 5.92 Å². The van der Waals surface area contributed by atoms with Gasteiger partial charge >= 0.3 is 0 Å². The number of unbranched alkanes of at least 4 members (excludes halogenated alkanes) is 3. The molecule has 0 fully saturated rings. The highest BCUT2D eigenvalue weighted by atomic mass is 31.0. The molecule has 0 spiro atoms. The quantitative estimate of drug-likeness (QED) is 0.387. The van der Waals surface area contributed by atoms with Gasteiger partial charge in [-0.15, -0.1) is 9.24 Å². The Labute approximate surface area is 113 Å². The largest absolute Gasteiger partial charge is 0.131 e. The Hall–Kier alpha value is 0.430. The van der Waals surface area contributed by atoms with Crippen LogP contribution in [-0.2, 0) is 0 Å². The number of rotatable bonds is 11. The molecular weight excluding hydrogens is 223 g/mol. The lowest BCUT2D eigenvalue weighted by Gasteiger charge is -2.38. The summed E-state index contributed by atoms with van der Waals surface area (Å²) >= 11 is 0. The van der Waals surface area contributed by atoms with Crippen molar-refractivity contribution >= 4 is 9.24 Å². The van der Waals surface area contributed by atoms with Gasteiger partial charge in [0.1, 0.15) is 0 Å². The average molecular weight is 258 g/mol. The number of hydrogen-bond acceptors (Lipinski definition) is 0. The third-order valence-electron chi connectivity index (χ3n) is 4.20. The van der Waals surface area contributed by atoms with Crippen molar-refractivity contribution in [1.29, 1.82) is 0 Å². The zero-order chi connectivity index (χ0) is 13.1. The standard InChI is InChI=1S/C16H35P/c1-5-9-12-15(8-4)16(17,13-10-6-2)14-11-7-3/h15H,5-14,17H2,1-4H3. The van der Waals surface area contributed by atoms with Crippen molar-refractivity contribution in [2.45, 2.75) is 97.1 Å². The van der Waals surface area contributed by atoms with Gasteiger partial charge in [-0.05, 0) is 30.3 Å². The van der Waals surface area contributed by atoms with E-state index in [-0.39, 0.29) is 0 Å². The van der Waals surface area contributed by atoms with Gasteiger partial charge in [-0.2, -0.15) is 0 Å². The van der Waals surface area contributed by atoms with Gasteiger partial charge in [0.15, 0.2) is 0 Å². The van der Waals surface area contributed by atoms with Crippen LogP contribution in [0.2, 0.25) is 0 Å². The predicted molar refractivity (Wildman–Crippen MR) is 84.8 cm³/mol. The first-order valence-electron chi connectivity index (χ1n) is 7.93. The lowest BCUT2D eigenvalue weighted by atomic mass is 9.78. The monoisotopic (exact) mass is 258 g/mol. The fraction of sp³-hybridized carbons (Fsp3) is 1.00. The molecule has 0 aromatic rings. The molecule has 2 atom stereocenters. The first-order valence-corrected chi connectivity index (χ1v) is 8.51. The van der Waals surface area contributed by atoms with E-state index in [2.05, 4.69) is 36.9 Å². The second-order valence-corrected chi connectivity index (χ2v) is 6.84. The summed E-state index contributed by atoms with van der Waals surface area (Å²) in [6.45, 7) is 9.34. The van der Waals surface area contributed by atoms with Crippen molar-refractivity contribution in [2.75, 3.05) is 0 Å². The van der Waals surface area contributed by atoms with Crippen LogP contribution in [0.1, 0.15) is 91.9 Å². The van der Waals surface area contributed by atoms with Crippen molar-refractivity contribution in [3.05, 3.63) is 0 Å². The van der Waals surface area contributed by atoms with E-state index in [1.54, 1.807) is 0 Å². The molecule has 0 aromatic carbocycles. The molecule has 0 aliphatic carbocycles. The van der Waals surface area contributed by atoms with Crippen molar-refractivity contribution in [3.8, 4) is 0 Å². The van der Waals surface area contributed by atoms with E-state index in [9.17, 15) is 0 Å². The van der Waals surface area contributed by atoms with E-state index >= 15 is 0 Å². The Morgan fingerprint density at radius 2 is 1.29 bits per heavy atom. The van der Waals surface area contributed by atoms with Gasteiger partial charge in [-0.25, -0.2) is 0 Å². The molecule has 0 nitrogen and oxygen atoms in total. The molecule has 0 heterocycles. The van der Waals surface area contributed by atoms with Gasteiger partial charge in [0.25, 0.3) is 0 Å². The molecule has 0 N–H and O–H groups in total. The molecule has 104 valence electrons. The normalized spacial score (nSPS) is 13.9. The van der Waals surface area contributed by atoms with Gasteiger partial charge in [-0.1, -0.05) is 72.6 Å². The second kappa shape index (κ2) is 10.4. The molecule has 0 bridgehead atoms. The Balaban J connectivity index is 4.46. The predicted octanol–water partition coefficient (Wildman–Crippen LogP) is 6.20. The van der Waals surface area contributed by atoms with Crippen molar-refractivity contribution in [2.24, 2.45) is 5.92 Å². The topological polar surface area (TPSA) is 0 Å². The van der Waals surface area contributed by atoms with Crippen LogP contribution in [0.25, 0.3) is 0 Å². The summed E-state index contributed by atoms with van der Waals surface area (Å²) in [6, 6.07) is 0. The summed E-state index contributed by atoms with van der Waals surface area (Å²) in [5.74, 6) is 0.922. The maximum absolute atomic E-state index is 3.27. The Morgan fingerprint density at radius 1 is 0.824 bits per heavy atom. The van der Waals surface area contributed by atoms with Crippen molar-refractivity contribution < 1.29 is 0 Å². The molecule has 1 heteroatoms. The molecule has 0 saturated carbocycles. The van der Waals surface area contributed by atoms with E-state index in [4.69, 9.17) is 0 Å². The van der Waals surface area contributed by atoms with Gasteiger partial charge in [0.05, 0.1) is 0 Å². The van der Waals surface area contributed by atoms with Gasteiger partial charge < -0.3 is 0 Å². The average Bonchev–Trinajstić information content (AvgIpc) is 2.35. The Bertz CT molecular complexity index is 157. The van der Waals surface area contributed by atoms with Crippen LogP contribution in [0.15, 0.2) is 0 Å². The zero-order valence-electron chi connectivity index (χ0n) is 12.7. The van der Waals surface area contributed by atoms with E-state index < -0.39 is 0 Å². The minimum atomic E-state index is 0.538. The summed E-state index contributed by atoms with van der Waals surface area (Å²) in [7, 11) is 3.27. The SMILES string of the molecule is CCCCC(CC)C(P)(CCCC)CCCC. The lowest BCUT2D eigenvalue weighted by Crippen LogP contribution is -2.31. The first-order chi connectivity index (χ1) is 8.14.